The third-order valence-corrected chi connectivity index (χ3v) is 4.25. The molecule has 2 N–H and O–H groups in total. The number of piperazine rings is 1. The van der Waals surface area contributed by atoms with Gasteiger partial charge in [0.25, 0.3) is 0 Å². The van der Waals surface area contributed by atoms with E-state index in [1.54, 1.807) is 11.3 Å². The van der Waals surface area contributed by atoms with Crippen LogP contribution < -0.4 is 10.6 Å². The highest BCUT2D eigenvalue weighted by atomic mass is 32.1. The molecular weight excluding hydrogens is 260 g/mol. The van der Waals surface area contributed by atoms with E-state index in [9.17, 15) is 4.79 Å². The van der Waals surface area contributed by atoms with Crippen molar-refractivity contribution < 1.29 is 4.79 Å². The van der Waals surface area contributed by atoms with E-state index in [-0.39, 0.29) is 5.91 Å². The first-order valence-corrected chi connectivity index (χ1v) is 7.66. The molecule has 0 spiro atoms. The molecular formula is C13H22N4OS. The lowest BCUT2D eigenvalue weighted by Gasteiger charge is -2.39. The molecule has 0 bridgehead atoms. The molecule has 1 fully saturated rings. The van der Waals surface area contributed by atoms with Crippen molar-refractivity contribution in [3.8, 4) is 0 Å². The Hall–Kier alpha value is -0.980. The summed E-state index contributed by atoms with van der Waals surface area (Å²) in [7, 11) is 0. The molecule has 19 heavy (non-hydrogen) atoms. The first kappa shape index (κ1) is 14.4. The number of amides is 1. The SMILES string of the molecule is CC(C)(C(=O)NCCc1cscn1)N1CCNCC1. The van der Waals surface area contributed by atoms with Crippen LogP contribution in [0.1, 0.15) is 19.5 Å². The normalized spacial score (nSPS) is 17.4. The summed E-state index contributed by atoms with van der Waals surface area (Å²) in [5.74, 6) is 0.102. The number of carbonyl (C=O) groups is 1. The first-order valence-electron chi connectivity index (χ1n) is 6.72. The maximum Gasteiger partial charge on any atom is 0.239 e. The highest BCUT2D eigenvalue weighted by Crippen LogP contribution is 2.15. The second kappa shape index (κ2) is 6.45. The fourth-order valence-corrected chi connectivity index (χ4v) is 2.84. The monoisotopic (exact) mass is 282 g/mol. The van der Waals surface area contributed by atoms with Crippen molar-refractivity contribution in [1.82, 2.24) is 20.5 Å². The predicted octanol–water partition coefficient (Wildman–Crippen LogP) is 0.486. The van der Waals surface area contributed by atoms with Crippen LogP contribution in [0.25, 0.3) is 0 Å². The number of hydrogen-bond acceptors (Lipinski definition) is 5. The standard InChI is InChI=1S/C13H22N4OS/c1-13(2,17-7-5-14-6-8-17)12(18)15-4-3-11-9-19-10-16-11/h9-10,14H,3-8H2,1-2H3,(H,15,18). The smallest absolute Gasteiger partial charge is 0.239 e. The van der Waals surface area contributed by atoms with E-state index < -0.39 is 5.54 Å². The maximum absolute atomic E-state index is 12.3. The van der Waals surface area contributed by atoms with Gasteiger partial charge in [0, 0.05) is 44.5 Å². The zero-order chi connectivity index (χ0) is 13.7. The van der Waals surface area contributed by atoms with Crippen LogP contribution in [0.4, 0.5) is 0 Å². The summed E-state index contributed by atoms with van der Waals surface area (Å²) >= 11 is 1.59. The summed E-state index contributed by atoms with van der Waals surface area (Å²) < 4.78 is 0. The van der Waals surface area contributed by atoms with Crippen LogP contribution in [-0.2, 0) is 11.2 Å². The lowest BCUT2D eigenvalue weighted by molar-refractivity contribution is -0.132. The Bertz CT molecular complexity index is 399. The average molecular weight is 282 g/mol. The van der Waals surface area contributed by atoms with E-state index in [4.69, 9.17) is 0 Å². The van der Waals surface area contributed by atoms with Gasteiger partial charge < -0.3 is 10.6 Å². The highest BCUT2D eigenvalue weighted by Gasteiger charge is 2.34. The van der Waals surface area contributed by atoms with Gasteiger partial charge in [-0.15, -0.1) is 11.3 Å². The van der Waals surface area contributed by atoms with Crippen LogP contribution in [0, 0.1) is 0 Å². The van der Waals surface area contributed by atoms with E-state index >= 15 is 0 Å². The quantitative estimate of drug-likeness (QED) is 0.825. The van der Waals surface area contributed by atoms with Gasteiger partial charge in [-0.2, -0.15) is 0 Å². The number of nitrogens with zero attached hydrogens (tertiary/aromatic N) is 2. The highest BCUT2D eigenvalue weighted by molar-refractivity contribution is 7.07. The molecule has 0 unspecified atom stereocenters. The van der Waals surface area contributed by atoms with Crippen LogP contribution in [0.15, 0.2) is 10.9 Å². The van der Waals surface area contributed by atoms with E-state index in [0.29, 0.717) is 6.54 Å². The van der Waals surface area contributed by atoms with Crippen LogP contribution in [0.3, 0.4) is 0 Å². The molecule has 0 aliphatic carbocycles. The largest absolute Gasteiger partial charge is 0.354 e. The number of hydrogen-bond donors (Lipinski definition) is 2. The van der Waals surface area contributed by atoms with Crippen LogP contribution >= 0.6 is 11.3 Å². The third-order valence-electron chi connectivity index (χ3n) is 3.61. The Labute approximate surface area is 118 Å². The molecule has 1 amide bonds. The molecule has 1 aromatic heterocycles. The van der Waals surface area contributed by atoms with E-state index in [1.165, 1.54) is 0 Å². The zero-order valence-corrected chi connectivity index (χ0v) is 12.4. The summed E-state index contributed by atoms with van der Waals surface area (Å²) in [4.78, 5) is 18.8. The summed E-state index contributed by atoms with van der Waals surface area (Å²) in [5, 5.41) is 8.35. The van der Waals surface area contributed by atoms with Gasteiger partial charge in [-0.25, -0.2) is 4.98 Å². The van der Waals surface area contributed by atoms with Crippen molar-refractivity contribution >= 4 is 17.2 Å². The maximum atomic E-state index is 12.3. The van der Waals surface area contributed by atoms with Gasteiger partial charge >= 0.3 is 0 Å². The Balaban J connectivity index is 1.80. The van der Waals surface area contributed by atoms with Gasteiger partial charge in [0.2, 0.25) is 5.91 Å². The molecule has 1 aliphatic rings. The van der Waals surface area contributed by atoms with Crippen molar-refractivity contribution in [2.45, 2.75) is 25.8 Å². The van der Waals surface area contributed by atoms with Gasteiger partial charge in [0.1, 0.15) is 0 Å². The minimum absolute atomic E-state index is 0.102. The molecule has 2 heterocycles. The lowest BCUT2D eigenvalue weighted by Crippen LogP contribution is -2.60. The van der Waals surface area contributed by atoms with Crippen molar-refractivity contribution in [3.63, 3.8) is 0 Å². The number of nitrogens with one attached hydrogen (secondary N) is 2. The Morgan fingerprint density at radius 1 is 1.53 bits per heavy atom. The zero-order valence-electron chi connectivity index (χ0n) is 11.6. The Kier molecular flexibility index (Phi) is 4.90. The molecule has 0 aromatic carbocycles. The summed E-state index contributed by atoms with van der Waals surface area (Å²) in [6.07, 6.45) is 0.798. The first-order chi connectivity index (χ1) is 9.10. The molecule has 1 saturated heterocycles. The van der Waals surface area contributed by atoms with Gasteiger partial charge in [-0.1, -0.05) is 0 Å². The molecule has 2 rings (SSSR count). The van der Waals surface area contributed by atoms with Gasteiger partial charge in [-0.3, -0.25) is 9.69 Å². The Morgan fingerprint density at radius 2 is 2.26 bits per heavy atom. The molecule has 6 heteroatoms. The van der Waals surface area contributed by atoms with Crippen molar-refractivity contribution in [2.75, 3.05) is 32.7 Å². The minimum Gasteiger partial charge on any atom is -0.354 e. The molecule has 5 nitrogen and oxygen atoms in total. The molecule has 0 atom stereocenters. The third kappa shape index (κ3) is 3.75. The summed E-state index contributed by atoms with van der Waals surface area (Å²) in [5.41, 5.74) is 2.43. The number of carbonyl (C=O) groups excluding carboxylic acids is 1. The van der Waals surface area contributed by atoms with Gasteiger partial charge in [-0.05, 0) is 13.8 Å². The molecule has 0 saturated carbocycles. The second-order valence-electron chi connectivity index (χ2n) is 5.28. The van der Waals surface area contributed by atoms with Crippen LogP contribution in [0.5, 0.6) is 0 Å². The second-order valence-corrected chi connectivity index (χ2v) is 6.00. The fourth-order valence-electron chi connectivity index (χ4n) is 2.25. The summed E-state index contributed by atoms with van der Waals surface area (Å²) in [6.45, 7) is 8.40. The Morgan fingerprint density at radius 3 is 2.89 bits per heavy atom. The molecule has 0 radical (unpaired) electrons. The number of thiazole rings is 1. The van der Waals surface area contributed by atoms with Crippen LogP contribution in [-0.4, -0.2) is 54.1 Å². The van der Waals surface area contributed by atoms with E-state index in [2.05, 4.69) is 20.5 Å². The van der Waals surface area contributed by atoms with Crippen molar-refractivity contribution in [2.24, 2.45) is 0 Å². The van der Waals surface area contributed by atoms with Gasteiger partial charge in [0.15, 0.2) is 0 Å². The molecule has 1 aromatic rings. The van der Waals surface area contributed by atoms with Crippen molar-refractivity contribution in [1.29, 1.82) is 0 Å². The average Bonchev–Trinajstić information content (AvgIpc) is 2.93. The van der Waals surface area contributed by atoms with E-state index in [1.807, 2.05) is 24.7 Å². The molecule has 1 aliphatic heterocycles. The predicted molar refractivity (Wildman–Crippen MR) is 77.3 cm³/mol. The summed E-state index contributed by atoms with van der Waals surface area (Å²) in [6, 6.07) is 0. The van der Waals surface area contributed by atoms with Gasteiger partial charge in [0.05, 0.1) is 16.7 Å². The fraction of sp³-hybridized carbons (Fsp3) is 0.692. The minimum atomic E-state index is -0.440. The number of rotatable bonds is 5. The number of aromatic nitrogens is 1. The lowest BCUT2D eigenvalue weighted by atomic mass is 10.0. The van der Waals surface area contributed by atoms with E-state index in [0.717, 1.165) is 38.3 Å². The topological polar surface area (TPSA) is 57.3 Å². The van der Waals surface area contributed by atoms with Crippen molar-refractivity contribution in [3.05, 3.63) is 16.6 Å². The molecule has 106 valence electrons. The van der Waals surface area contributed by atoms with Crippen LogP contribution in [0.2, 0.25) is 0 Å².